The summed E-state index contributed by atoms with van der Waals surface area (Å²) in [5.74, 6) is 1.16. The lowest BCUT2D eigenvalue weighted by Crippen LogP contribution is -2.29. The summed E-state index contributed by atoms with van der Waals surface area (Å²) in [6.45, 7) is 4.54. The fraction of sp³-hybridized carbons (Fsp3) is 0.308. The molecule has 1 amide bonds. The molecule has 2 N–H and O–H groups in total. The van der Waals surface area contributed by atoms with Gasteiger partial charge in [-0.05, 0) is 12.1 Å². The van der Waals surface area contributed by atoms with Crippen molar-refractivity contribution in [3.8, 4) is 0 Å². The Morgan fingerprint density at radius 3 is 2.94 bits per heavy atom. The zero-order chi connectivity index (χ0) is 13.2. The number of carbonyl (C=O) groups excluding carboxylic acids is 1. The summed E-state index contributed by atoms with van der Waals surface area (Å²) in [6, 6.07) is 6.11. The Bertz CT molecular complexity index is 398. The highest BCUT2D eigenvalue weighted by molar-refractivity contribution is 7.99. The summed E-state index contributed by atoms with van der Waals surface area (Å²) in [6.07, 6.45) is 1.84. The highest BCUT2D eigenvalue weighted by Gasteiger charge is 2.05. The van der Waals surface area contributed by atoms with Crippen LogP contribution in [-0.4, -0.2) is 30.5 Å². The molecule has 3 nitrogen and oxygen atoms in total. The van der Waals surface area contributed by atoms with Gasteiger partial charge < -0.3 is 10.6 Å². The van der Waals surface area contributed by atoms with Crippen LogP contribution in [0.1, 0.15) is 0 Å². The van der Waals surface area contributed by atoms with Crippen molar-refractivity contribution >= 4 is 23.4 Å². The molecule has 18 heavy (non-hydrogen) atoms. The maximum Gasteiger partial charge on any atom is 0.238 e. The summed E-state index contributed by atoms with van der Waals surface area (Å²) >= 11 is 1.74. The third-order valence-corrected chi connectivity index (χ3v) is 3.06. The minimum Gasteiger partial charge on any atom is -0.322 e. The van der Waals surface area contributed by atoms with E-state index in [2.05, 4.69) is 17.2 Å². The van der Waals surface area contributed by atoms with Crippen LogP contribution in [0.15, 0.2) is 36.9 Å². The van der Waals surface area contributed by atoms with Crippen molar-refractivity contribution in [3.63, 3.8) is 0 Å². The minimum absolute atomic E-state index is 0.184. The molecule has 0 radical (unpaired) electrons. The van der Waals surface area contributed by atoms with E-state index in [-0.39, 0.29) is 18.1 Å². The van der Waals surface area contributed by atoms with E-state index in [4.69, 9.17) is 0 Å². The largest absolute Gasteiger partial charge is 0.322 e. The van der Waals surface area contributed by atoms with Gasteiger partial charge in [0.1, 0.15) is 5.82 Å². The van der Waals surface area contributed by atoms with Crippen LogP contribution >= 0.6 is 11.8 Å². The Balaban J connectivity index is 2.18. The first kappa shape index (κ1) is 14.7. The number of nitrogens with one attached hydrogen (secondary N) is 2. The van der Waals surface area contributed by atoms with Gasteiger partial charge in [-0.3, -0.25) is 4.79 Å². The van der Waals surface area contributed by atoms with Gasteiger partial charge in [0.25, 0.3) is 0 Å². The average molecular weight is 268 g/mol. The first-order valence-corrected chi connectivity index (χ1v) is 6.83. The van der Waals surface area contributed by atoms with Gasteiger partial charge in [-0.2, -0.15) is 11.8 Å². The molecule has 1 aromatic rings. The number of halogens is 1. The first-order valence-electron chi connectivity index (χ1n) is 5.67. The number of carbonyl (C=O) groups is 1. The Hall–Kier alpha value is -1.33. The lowest BCUT2D eigenvalue weighted by molar-refractivity contribution is -0.115. The van der Waals surface area contributed by atoms with Crippen molar-refractivity contribution in [3.05, 3.63) is 42.7 Å². The Kier molecular flexibility index (Phi) is 7.13. The second-order valence-corrected chi connectivity index (χ2v) is 4.72. The maximum atomic E-state index is 13.2. The van der Waals surface area contributed by atoms with E-state index in [1.54, 1.807) is 23.9 Å². The second kappa shape index (κ2) is 8.72. The highest BCUT2D eigenvalue weighted by atomic mass is 32.2. The van der Waals surface area contributed by atoms with E-state index >= 15 is 0 Å². The van der Waals surface area contributed by atoms with Crippen LogP contribution < -0.4 is 10.6 Å². The Morgan fingerprint density at radius 2 is 2.22 bits per heavy atom. The summed E-state index contributed by atoms with van der Waals surface area (Å²) in [4.78, 5) is 11.5. The zero-order valence-corrected chi connectivity index (χ0v) is 10.9. The van der Waals surface area contributed by atoms with Crippen LogP contribution in [0.25, 0.3) is 0 Å². The highest BCUT2D eigenvalue weighted by Crippen LogP contribution is 2.11. The summed E-state index contributed by atoms with van der Waals surface area (Å²) in [5.41, 5.74) is 0.213. The van der Waals surface area contributed by atoms with E-state index in [9.17, 15) is 9.18 Å². The third-order valence-electron chi connectivity index (χ3n) is 2.09. The number of hydrogen-bond donors (Lipinski definition) is 2. The minimum atomic E-state index is -0.424. The molecule has 5 heteroatoms. The predicted octanol–water partition coefficient (Wildman–Crippen LogP) is 2.27. The fourth-order valence-corrected chi connectivity index (χ4v) is 1.89. The second-order valence-electron chi connectivity index (χ2n) is 3.57. The maximum absolute atomic E-state index is 13.2. The quantitative estimate of drug-likeness (QED) is 0.561. The van der Waals surface area contributed by atoms with Crippen molar-refractivity contribution in [2.75, 3.05) is 29.9 Å². The predicted molar refractivity (Wildman–Crippen MR) is 75.4 cm³/mol. The monoisotopic (exact) mass is 268 g/mol. The van der Waals surface area contributed by atoms with Gasteiger partial charge in [-0.15, -0.1) is 6.58 Å². The molecule has 1 rings (SSSR count). The van der Waals surface area contributed by atoms with Crippen molar-refractivity contribution in [1.82, 2.24) is 5.32 Å². The van der Waals surface area contributed by atoms with Crippen molar-refractivity contribution < 1.29 is 9.18 Å². The summed E-state index contributed by atoms with van der Waals surface area (Å²) < 4.78 is 13.2. The lowest BCUT2D eigenvalue weighted by atomic mass is 10.3. The summed E-state index contributed by atoms with van der Waals surface area (Å²) in [7, 11) is 0. The van der Waals surface area contributed by atoms with Crippen LogP contribution in [-0.2, 0) is 4.79 Å². The molecule has 0 fully saturated rings. The molecule has 0 spiro atoms. The first-order chi connectivity index (χ1) is 8.74. The topological polar surface area (TPSA) is 41.1 Å². The number of benzene rings is 1. The molecular weight excluding hydrogens is 251 g/mol. The Morgan fingerprint density at radius 1 is 1.44 bits per heavy atom. The molecular formula is C13H17FN2OS. The van der Waals surface area contributed by atoms with Crippen molar-refractivity contribution in [1.29, 1.82) is 0 Å². The molecule has 0 unspecified atom stereocenters. The molecule has 0 aromatic heterocycles. The van der Waals surface area contributed by atoms with E-state index in [1.807, 2.05) is 6.08 Å². The van der Waals surface area contributed by atoms with Gasteiger partial charge in [0.2, 0.25) is 5.91 Å². The average Bonchev–Trinajstić information content (AvgIpc) is 2.36. The number of hydrogen-bond acceptors (Lipinski definition) is 3. The van der Waals surface area contributed by atoms with Gasteiger partial charge in [-0.25, -0.2) is 4.39 Å². The number of rotatable bonds is 8. The van der Waals surface area contributed by atoms with Crippen LogP contribution in [0.5, 0.6) is 0 Å². The van der Waals surface area contributed by atoms with Gasteiger partial charge in [0, 0.05) is 18.1 Å². The van der Waals surface area contributed by atoms with Gasteiger partial charge in [0.05, 0.1) is 12.2 Å². The fourth-order valence-electron chi connectivity index (χ4n) is 1.27. The SMILES string of the molecule is C=CCSCCNCC(=O)Nc1ccccc1F. The number of para-hydroxylation sites is 1. The van der Waals surface area contributed by atoms with Gasteiger partial charge in [-0.1, -0.05) is 18.2 Å². The van der Waals surface area contributed by atoms with Gasteiger partial charge >= 0.3 is 0 Å². The van der Waals surface area contributed by atoms with E-state index in [0.29, 0.717) is 0 Å². The smallest absolute Gasteiger partial charge is 0.238 e. The molecule has 0 aliphatic carbocycles. The van der Waals surface area contributed by atoms with Crippen molar-refractivity contribution in [2.45, 2.75) is 0 Å². The van der Waals surface area contributed by atoms with Crippen LogP contribution in [0.3, 0.4) is 0 Å². The normalized spacial score (nSPS) is 10.1. The summed E-state index contributed by atoms with van der Waals surface area (Å²) in [5, 5.41) is 5.51. The standard InChI is InChI=1S/C13H17FN2OS/c1-2-8-18-9-7-15-10-13(17)16-12-6-4-3-5-11(12)14/h2-6,15H,1,7-10H2,(H,16,17). The molecule has 0 saturated heterocycles. The number of amides is 1. The lowest BCUT2D eigenvalue weighted by Gasteiger charge is -2.07. The number of thioether (sulfide) groups is 1. The molecule has 98 valence electrons. The zero-order valence-electron chi connectivity index (χ0n) is 10.1. The number of anilines is 1. The molecule has 0 saturated carbocycles. The molecule has 0 heterocycles. The van der Waals surface area contributed by atoms with E-state index < -0.39 is 5.82 Å². The molecule has 0 bridgehead atoms. The van der Waals surface area contributed by atoms with E-state index in [1.165, 1.54) is 12.1 Å². The molecule has 0 atom stereocenters. The molecule has 1 aromatic carbocycles. The van der Waals surface area contributed by atoms with Crippen molar-refractivity contribution in [2.24, 2.45) is 0 Å². The third kappa shape index (κ3) is 5.84. The molecule has 0 aliphatic heterocycles. The van der Waals surface area contributed by atoms with E-state index in [0.717, 1.165) is 18.1 Å². The van der Waals surface area contributed by atoms with Crippen LogP contribution in [0.2, 0.25) is 0 Å². The van der Waals surface area contributed by atoms with Crippen LogP contribution in [0.4, 0.5) is 10.1 Å². The molecule has 0 aliphatic rings. The Labute approximate surface area is 111 Å². The van der Waals surface area contributed by atoms with Gasteiger partial charge in [0.15, 0.2) is 0 Å². The van der Waals surface area contributed by atoms with Crippen LogP contribution in [0, 0.1) is 5.82 Å².